The fraction of sp³-hybridized carbons (Fsp3) is 0.364. The molecule has 0 aliphatic carbocycles. The zero-order valence-corrected chi connectivity index (χ0v) is 9.92. The van der Waals surface area contributed by atoms with Crippen LogP contribution in [0.25, 0.3) is 0 Å². The zero-order chi connectivity index (χ0) is 12.0. The molecule has 1 unspecified atom stereocenters. The first-order chi connectivity index (χ1) is 7.59. The Balaban J connectivity index is 2.35. The molecule has 88 valence electrons. The molecule has 1 rings (SSSR count). The molecule has 4 nitrogen and oxygen atoms in total. The van der Waals surface area contributed by atoms with Crippen molar-refractivity contribution in [1.82, 2.24) is 10.6 Å². The van der Waals surface area contributed by atoms with Crippen molar-refractivity contribution < 1.29 is 4.79 Å². The highest BCUT2D eigenvalue weighted by Crippen LogP contribution is 2.16. The van der Waals surface area contributed by atoms with Gasteiger partial charge in [-0.25, -0.2) is 4.79 Å². The topological polar surface area (TPSA) is 67.2 Å². The van der Waals surface area contributed by atoms with Crippen LogP contribution in [0.5, 0.6) is 0 Å². The fourth-order valence-electron chi connectivity index (χ4n) is 1.37. The van der Waals surface area contributed by atoms with Crippen LogP contribution >= 0.6 is 11.6 Å². The molecule has 0 saturated carbocycles. The van der Waals surface area contributed by atoms with Gasteiger partial charge in [-0.1, -0.05) is 23.7 Å². The van der Waals surface area contributed by atoms with Gasteiger partial charge in [0.05, 0.1) is 0 Å². The van der Waals surface area contributed by atoms with Crippen molar-refractivity contribution in [3.8, 4) is 0 Å². The lowest BCUT2D eigenvalue weighted by Crippen LogP contribution is -2.35. The second kappa shape index (κ2) is 6.35. The van der Waals surface area contributed by atoms with Gasteiger partial charge in [-0.15, -0.1) is 0 Å². The molecule has 4 N–H and O–H groups in total. The fourth-order valence-corrected chi connectivity index (χ4v) is 1.57. The summed E-state index contributed by atoms with van der Waals surface area (Å²) in [6.07, 6.45) is 0. The first-order valence-corrected chi connectivity index (χ1v) is 5.49. The normalized spacial score (nSPS) is 12.1. The summed E-state index contributed by atoms with van der Waals surface area (Å²) >= 11 is 5.89. The summed E-state index contributed by atoms with van der Waals surface area (Å²) in [4.78, 5) is 10.4. The molecule has 1 atom stereocenters. The summed E-state index contributed by atoms with van der Waals surface area (Å²) in [6, 6.07) is 7.36. The smallest absolute Gasteiger partial charge is 0.312 e. The molecule has 0 saturated heterocycles. The van der Waals surface area contributed by atoms with E-state index in [0.717, 1.165) is 10.6 Å². The van der Waals surface area contributed by atoms with Gasteiger partial charge in [0.2, 0.25) is 0 Å². The Labute approximate surface area is 100 Å². The number of nitrogens with one attached hydrogen (secondary N) is 2. The monoisotopic (exact) mass is 241 g/mol. The van der Waals surface area contributed by atoms with Crippen LogP contribution in [-0.4, -0.2) is 19.1 Å². The van der Waals surface area contributed by atoms with Gasteiger partial charge in [0.25, 0.3) is 0 Å². The van der Waals surface area contributed by atoms with E-state index in [4.69, 9.17) is 17.3 Å². The Kier molecular flexibility index (Phi) is 5.08. The molecular formula is C11H16ClN3O. The molecule has 0 spiro atoms. The first kappa shape index (κ1) is 12.8. The molecule has 0 aliphatic rings. The largest absolute Gasteiger partial charge is 0.352 e. The molecule has 16 heavy (non-hydrogen) atoms. The second-order valence-corrected chi connectivity index (χ2v) is 3.96. The van der Waals surface area contributed by atoms with Crippen LogP contribution in [0.2, 0.25) is 5.02 Å². The quantitative estimate of drug-likeness (QED) is 0.687. The van der Waals surface area contributed by atoms with Gasteiger partial charge >= 0.3 is 6.03 Å². The van der Waals surface area contributed by atoms with Crippen molar-refractivity contribution in [2.45, 2.75) is 13.0 Å². The third kappa shape index (κ3) is 4.51. The number of urea groups is 1. The van der Waals surface area contributed by atoms with Crippen molar-refractivity contribution in [3.63, 3.8) is 0 Å². The number of carbonyl (C=O) groups excluding carboxylic acids is 1. The number of halogens is 1. The molecule has 0 bridgehead atoms. The van der Waals surface area contributed by atoms with Crippen LogP contribution in [0.3, 0.4) is 0 Å². The molecule has 1 aromatic carbocycles. The van der Waals surface area contributed by atoms with Crippen LogP contribution in [0.4, 0.5) is 4.79 Å². The Hall–Kier alpha value is -1.26. The maximum atomic E-state index is 10.4. The first-order valence-electron chi connectivity index (χ1n) is 5.11. The van der Waals surface area contributed by atoms with Crippen LogP contribution in [0.1, 0.15) is 18.5 Å². The van der Waals surface area contributed by atoms with Crippen LogP contribution in [0.15, 0.2) is 24.3 Å². The van der Waals surface area contributed by atoms with E-state index >= 15 is 0 Å². The van der Waals surface area contributed by atoms with Crippen LogP contribution in [0, 0.1) is 0 Å². The maximum absolute atomic E-state index is 10.4. The van der Waals surface area contributed by atoms with E-state index in [1.54, 1.807) is 0 Å². The number of rotatable bonds is 5. The predicted octanol–water partition coefficient (Wildman–Crippen LogP) is 1.66. The SMILES string of the molecule is CC(NCCNC(N)=O)c1cccc(Cl)c1. The van der Waals surface area contributed by atoms with Gasteiger partial charge in [0, 0.05) is 24.2 Å². The van der Waals surface area contributed by atoms with E-state index in [-0.39, 0.29) is 6.04 Å². The summed E-state index contributed by atoms with van der Waals surface area (Å²) in [7, 11) is 0. The number of benzene rings is 1. The average molecular weight is 242 g/mol. The minimum absolute atomic E-state index is 0.188. The Bertz CT molecular complexity index is 357. The second-order valence-electron chi connectivity index (χ2n) is 3.52. The van der Waals surface area contributed by atoms with E-state index in [2.05, 4.69) is 10.6 Å². The number of hydrogen-bond donors (Lipinski definition) is 3. The van der Waals surface area contributed by atoms with Crippen LogP contribution in [-0.2, 0) is 0 Å². The summed E-state index contributed by atoms with van der Waals surface area (Å²) < 4.78 is 0. The third-order valence-corrected chi connectivity index (χ3v) is 2.46. The van der Waals surface area contributed by atoms with Gasteiger partial charge in [0.1, 0.15) is 0 Å². The average Bonchev–Trinajstić information content (AvgIpc) is 2.24. The molecule has 0 fully saturated rings. The van der Waals surface area contributed by atoms with Crippen molar-refractivity contribution in [2.24, 2.45) is 5.73 Å². The summed E-state index contributed by atoms with van der Waals surface area (Å²) in [5.41, 5.74) is 6.06. The number of hydrogen-bond acceptors (Lipinski definition) is 2. The number of amides is 2. The standard InChI is InChI=1S/C11H16ClN3O/c1-8(14-5-6-15-11(13)16)9-3-2-4-10(12)7-9/h2-4,7-8,14H,5-6H2,1H3,(H3,13,15,16). The number of nitrogens with two attached hydrogens (primary N) is 1. The molecule has 2 amide bonds. The van der Waals surface area contributed by atoms with Crippen molar-refractivity contribution in [3.05, 3.63) is 34.9 Å². The highest BCUT2D eigenvalue weighted by atomic mass is 35.5. The minimum Gasteiger partial charge on any atom is -0.352 e. The Morgan fingerprint density at radius 3 is 2.88 bits per heavy atom. The summed E-state index contributed by atoms with van der Waals surface area (Å²) in [6.45, 7) is 3.22. The van der Waals surface area contributed by atoms with E-state index in [9.17, 15) is 4.79 Å². The van der Waals surface area contributed by atoms with Gasteiger partial charge in [-0.05, 0) is 24.6 Å². The molecule has 0 heterocycles. The van der Waals surface area contributed by atoms with Crippen molar-refractivity contribution in [1.29, 1.82) is 0 Å². The number of carbonyl (C=O) groups is 1. The van der Waals surface area contributed by atoms with E-state index in [1.807, 2.05) is 31.2 Å². The lowest BCUT2D eigenvalue weighted by atomic mass is 10.1. The highest BCUT2D eigenvalue weighted by Gasteiger charge is 2.04. The molecule has 0 aliphatic heterocycles. The highest BCUT2D eigenvalue weighted by molar-refractivity contribution is 6.30. The van der Waals surface area contributed by atoms with Crippen LogP contribution < -0.4 is 16.4 Å². The van der Waals surface area contributed by atoms with E-state index in [1.165, 1.54) is 0 Å². The van der Waals surface area contributed by atoms with Gasteiger partial charge < -0.3 is 16.4 Å². The van der Waals surface area contributed by atoms with Crippen molar-refractivity contribution >= 4 is 17.6 Å². The maximum Gasteiger partial charge on any atom is 0.312 e. The molecule has 0 radical (unpaired) electrons. The van der Waals surface area contributed by atoms with E-state index in [0.29, 0.717) is 13.1 Å². The summed E-state index contributed by atoms with van der Waals surface area (Å²) in [5, 5.41) is 6.49. The van der Waals surface area contributed by atoms with E-state index < -0.39 is 6.03 Å². The number of primary amides is 1. The molecular weight excluding hydrogens is 226 g/mol. The Morgan fingerprint density at radius 2 is 2.25 bits per heavy atom. The molecule has 0 aromatic heterocycles. The lowest BCUT2D eigenvalue weighted by Gasteiger charge is -2.14. The molecule has 1 aromatic rings. The lowest BCUT2D eigenvalue weighted by molar-refractivity contribution is 0.249. The van der Waals surface area contributed by atoms with Gasteiger partial charge in [-0.3, -0.25) is 0 Å². The zero-order valence-electron chi connectivity index (χ0n) is 9.16. The minimum atomic E-state index is -0.503. The van der Waals surface area contributed by atoms with Crippen molar-refractivity contribution in [2.75, 3.05) is 13.1 Å². The van der Waals surface area contributed by atoms with Gasteiger partial charge in [0.15, 0.2) is 0 Å². The van der Waals surface area contributed by atoms with Gasteiger partial charge in [-0.2, -0.15) is 0 Å². The Morgan fingerprint density at radius 1 is 1.50 bits per heavy atom. The molecule has 5 heteroatoms. The third-order valence-electron chi connectivity index (χ3n) is 2.22. The predicted molar refractivity (Wildman–Crippen MR) is 65.5 cm³/mol. The summed E-state index contributed by atoms with van der Waals surface area (Å²) in [5.74, 6) is 0.